The van der Waals surface area contributed by atoms with E-state index in [0.29, 0.717) is 75.9 Å². The molecule has 250 valence electrons. The molecule has 2 heterocycles. The quantitative estimate of drug-likeness (QED) is 0.114. The van der Waals surface area contributed by atoms with Gasteiger partial charge < -0.3 is 40.8 Å². The zero-order valence-electron chi connectivity index (χ0n) is 26.8. The van der Waals surface area contributed by atoms with E-state index < -0.39 is 0 Å². The number of amides is 5. The number of hydrogen-bond donors (Lipinski definition) is 5. The Morgan fingerprint density at radius 1 is 0.795 bits per heavy atom. The number of carbonyl (C=O) groups is 4. The molecule has 2 atom stereocenters. The van der Waals surface area contributed by atoms with Crippen LogP contribution in [0.5, 0.6) is 0 Å². The second-order valence-corrected chi connectivity index (χ2v) is 10.9. The molecule has 0 spiro atoms. The van der Waals surface area contributed by atoms with Gasteiger partial charge in [0.1, 0.15) is 6.61 Å². The number of nitrogens with one attached hydrogen (secondary N) is 5. The van der Waals surface area contributed by atoms with Crippen LogP contribution in [0.3, 0.4) is 0 Å². The maximum atomic E-state index is 12.2. The normalized spacial score (nSPS) is 16.2. The van der Waals surface area contributed by atoms with Crippen molar-refractivity contribution < 1.29 is 33.4 Å². The van der Waals surface area contributed by atoms with E-state index >= 15 is 0 Å². The second kappa shape index (κ2) is 25.5. The number of thioether (sulfide) groups is 1. The fraction of sp³-hybridized carbons (Fsp3) is 0.677. The summed E-state index contributed by atoms with van der Waals surface area (Å²) in [6.45, 7) is 11.1. The summed E-state index contributed by atoms with van der Waals surface area (Å²) in [7, 11) is 0. The Bertz CT molecular complexity index is 938. The molecule has 2 unspecified atom stereocenters. The average molecular weight is 640 g/mol. The molecule has 5 amide bonds. The molecule has 1 aromatic rings. The Kier molecular flexibility index (Phi) is 22.7. The number of anilines is 1. The van der Waals surface area contributed by atoms with E-state index in [0.717, 1.165) is 37.2 Å². The fourth-order valence-electron chi connectivity index (χ4n) is 3.88. The Labute approximate surface area is 266 Å². The third kappa shape index (κ3) is 18.1. The number of carbonyl (C=O) groups excluding carboxylic acids is 4. The van der Waals surface area contributed by atoms with Gasteiger partial charge in [0.15, 0.2) is 0 Å². The van der Waals surface area contributed by atoms with Crippen molar-refractivity contribution in [1.29, 1.82) is 0 Å². The molecule has 3 rings (SSSR count). The van der Waals surface area contributed by atoms with Crippen molar-refractivity contribution in [1.82, 2.24) is 21.3 Å². The highest BCUT2D eigenvalue weighted by Crippen LogP contribution is 2.20. The van der Waals surface area contributed by atoms with Gasteiger partial charge in [0.05, 0.1) is 45.1 Å². The largest absolute Gasteiger partial charge is 0.377 e. The summed E-state index contributed by atoms with van der Waals surface area (Å²) < 4.78 is 16.0. The number of hydrogen-bond acceptors (Lipinski definition) is 8. The minimum Gasteiger partial charge on any atom is -0.377 e. The Morgan fingerprint density at radius 2 is 1.39 bits per heavy atom. The summed E-state index contributed by atoms with van der Waals surface area (Å²) in [6, 6.07) is 7.60. The highest BCUT2D eigenvalue weighted by atomic mass is 32.2. The molecule has 0 bridgehead atoms. The predicted octanol–water partition coefficient (Wildman–Crippen LogP) is 3.32. The summed E-state index contributed by atoms with van der Waals surface area (Å²) in [6.07, 6.45) is 4.33. The van der Waals surface area contributed by atoms with Crippen molar-refractivity contribution in [2.24, 2.45) is 0 Å². The van der Waals surface area contributed by atoms with Gasteiger partial charge in [-0.25, -0.2) is 4.79 Å². The molecule has 12 nitrogen and oxygen atoms in total. The molecule has 1 aromatic carbocycles. The Balaban J connectivity index is 0.000000728. The van der Waals surface area contributed by atoms with Crippen molar-refractivity contribution in [3.63, 3.8) is 0 Å². The van der Waals surface area contributed by atoms with Gasteiger partial charge in [0.25, 0.3) is 5.91 Å². The average Bonchev–Trinajstić information content (AvgIpc) is 3.61. The fourth-order valence-corrected chi connectivity index (χ4v) is 5.16. The number of ether oxygens (including phenoxy) is 3. The molecular weight excluding hydrogens is 586 g/mol. The molecule has 0 aromatic heterocycles. The lowest BCUT2D eigenvalue weighted by Gasteiger charge is -2.09. The van der Waals surface area contributed by atoms with Crippen molar-refractivity contribution in [3.05, 3.63) is 29.8 Å². The lowest BCUT2D eigenvalue weighted by Crippen LogP contribution is -2.31. The topological polar surface area (TPSA) is 156 Å². The SMILES string of the molecule is CC.CCCCNC(=O)COCCOCCOCCNC(=O)c1ccc(NC(=O)CCCC)cc1.O=C1NC2CSCC2N1. The molecule has 0 saturated carbocycles. The highest BCUT2D eigenvalue weighted by molar-refractivity contribution is 7.99. The first kappa shape index (κ1) is 39.2. The molecular formula is C31H53N5O7S. The van der Waals surface area contributed by atoms with E-state index in [4.69, 9.17) is 14.2 Å². The lowest BCUT2D eigenvalue weighted by atomic mass is 10.2. The monoisotopic (exact) mass is 639 g/mol. The van der Waals surface area contributed by atoms with E-state index in [2.05, 4.69) is 33.5 Å². The first-order valence-corrected chi connectivity index (χ1v) is 16.9. The summed E-state index contributed by atoms with van der Waals surface area (Å²) in [4.78, 5) is 46.0. The zero-order chi connectivity index (χ0) is 32.4. The lowest BCUT2D eigenvalue weighted by molar-refractivity contribution is -0.126. The van der Waals surface area contributed by atoms with Crippen LogP contribution in [0, 0.1) is 0 Å². The van der Waals surface area contributed by atoms with Gasteiger partial charge in [-0.3, -0.25) is 14.4 Å². The van der Waals surface area contributed by atoms with Crippen LogP contribution in [-0.2, 0) is 23.8 Å². The van der Waals surface area contributed by atoms with Crippen molar-refractivity contribution in [3.8, 4) is 0 Å². The van der Waals surface area contributed by atoms with E-state index in [9.17, 15) is 19.2 Å². The highest BCUT2D eigenvalue weighted by Gasteiger charge is 2.35. The van der Waals surface area contributed by atoms with Crippen LogP contribution in [0.4, 0.5) is 10.5 Å². The summed E-state index contributed by atoms with van der Waals surface area (Å²) in [5.41, 5.74) is 1.19. The van der Waals surface area contributed by atoms with E-state index in [1.54, 1.807) is 24.3 Å². The van der Waals surface area contributed by atoms with Crippen LogP contribution in [0.1, 0.15) is 70.2 Å². The van der Waals surface area contributed by atoms with Crippen LogP contribution in [0.2, 0.25) is 0 Å². The molecule has 0 aliphatic carbocycles. The molecule has 2 fully saturated rings. The molecule has 0 radical (unpaired) electrons. The van der Waals surface area contributed by atoms with Crippen LogP contribution in [0.25, 0.3) is 0 Å². The zero-order valence-corrected chi connectivity index (χ0v) is 27.7. The van der Waals surface area contributed by atoms with Crippen molar-refractivity contribution >= 4 is 41.2 Å². The number of unbranched alkanes of at least 4 members (excludes halogenated alkanes) is 2. The van der Waals surface area contributed by atoms with Gasteiger partial charge in [-0.2, -0.15) is 11.8 Å². The van der Waals surface area contributed by atoms with E-state index in [1.807, 2.05) is 32.5 Å². The van der Waals surface area contributed by atoms with Gasteiger partial charge in [-0.15, -0.1) is 0 Å². The summed E-state index contributed by atoms with van der Waals surface area (Å²) in [5, 5.41) is 14.1. The van der Waals surface area contributed by atoms with Crippen LogP contribution >= 0.6 is 11.8 Å². The third-order valence-electron chi connectivity index (χ3n) is 6.26. The molecule has 13 heteroatoms. The molecule has 5 N–H and O–H groups in total. The van der Waals surface area contributed by atoms with E-state index in [1.165, 1.54) is 0 Å². The van der Waals surface area contributed by atoms with Crippen LogP contribution in [-0.4, -0.2) is 100 Å². The smallest absolute Gasteiger partial charge is 0.315 e. The van der Waals surface area contributed by atoms with Gasteiger partial charge >= 0.3 is 6.03 Å². The minimum absolute atomic E-state index is 0.00491. The Hall–Kier alpha value is -2.87. The summed E-state index contributed by atoms with van der Waals surface area (Å²) in [5.74, 6) is 1.81. The van der Waals surface area contributed by atoms with Crippen LogP contribution < -0.4 is 26.6 Å². The van der Waals surface area contributed by atoms with Gasteiger partial charge in [0.2, 0.25) is 11.8 Å². The first-order valence-electron chi connectivity index (χ1n) is 15.8. The predicted molar refractivity (Wildman–Crippen MR) is 175 cm³/mol. The van der Waals surface area contributed by atoms with Crippen molar-refractivity contribution in [2.75, 3.05) is 69.6 Å². The van der Waals surface area contributed by atoms with Gasteiger partial charge in [-0.05, 0) is 37.1 Å². The number of rotatable bonds is 19. The first-order chi connectivity index (χ1) is 21.4. The van der Waals surface area contributed by atoms with Gasteiger partial charge in [0, 0.05) is 42.3 Å². The molecule has 2 saturated heterocycles. The van der Waals surface area contributed by atoms with Gasteiger partial charge in [-0.1, -0.05) is 40.5 Å². The standard InChI is InChI=1S/C24H39N3O6.C5H8N2OS.C2H6/c1-3-5-7-22(28)27-21-10-8-20(9-11-21)24(30)26-13-14-31-15-16-32-17-18-33-19-23(29)25-12-6-4-2;8-5-6-3-1-9-2-4(3)7-5;1-2/h8-11H,3-7,12-19H2,1-2H3,(H,25,29)(H,26,30)(H,27,28);3-4H,1-2H2,(H2,6,7,8);1-2H3. The molecule has 2 aliphatic heterocycles. The van der Waals surface area contributed by atoms with Crippen molar-refractivity contribution in [2.45, 2.75) is 71.9 Å². The molecule has 44 heavy (non-hydrogen) atoms. The van der Waals surface area contributed by atoms with Crippen LogP contribution in [0.15, 0.2) is 24.3 Å². The second-order valence-electron chi connectivity index (χ2n) is 9.83. The minimum atomic E-state index is -0.199. The maximum Gasteiger partial charge on any atom is 0.315 e. The summed E-state index contributed by atoms with van der Waals surface area (Å²) >= 11 is 1.89. The number of fused-ring (bicyclic) bond motifs is 1. The third-order valence-corrected chi connectivity index (χ3v) is 7.45. The molecule has 2 aliphatic rings. The Morgan fingerprint density at radius 3 is 2.00 bits per heavy atom. The number of urea groups is 1. The maximum absolute atomic E-state index is 12.2. The number of benzene rings is 1. The van der Waals surface area contributed by atoms with E-state index in [-0.39, 0.29) is 30.4 Å².